The first kappa shape index (κ1) is 29.9. The van der Waals surface area contributed by atoms with Crippen LogP contribution in [0, 0.1) is 48.4 Å². The Kier molecular flexibility index (Phi) is 23.5. The van der Waals surface area contributed by atoms with Crippen LogP contribution >= 0.6 is 0 Å². The first-order chi connectivity index (χ1) is 15.7. The Morgan fingerprint density at radius 3 is 1.56 bits per heavy atom. The molecule has 32 heavy (non-hydrogen) atoms. The molecular weight excluding hydrogens is 392 g/mol. The van der Waals surface area contributed by atoms with Crippen molar-refractivity contribution in [2.75, 3.05) is 0 Å². The molecule has 0 aliphatic rings. The highest BCUT2D eigenvalue weighted by Crippen LogP contribution is 2.10. The Morgan fingerprint density at radius 1 is 0.562 bits per heavy atom. The minimum Gasteiger partial charge on any atom is -0.380 e. The minimum atomic E-state index is -0.741. The standard InChI is InChI=1S/C30H44O2/c1-3-29(31)27-25-23-21-19-17-15-13-11-9-7-5-6-8-10-12-14-16-18-20-22-24-26-28-30(32)4-2/h1-2,25,27,29-32H,5-7,12-24,26,28H2/b27-25+. The summed E-state index contributed by atoms with van der Waals surface area (Å²) in [4.78, 5) is 0. The van der Waals surface area contributed by atoms with Gasteiger partial charge in [0, 0.05) is 25.7 Å². The third-order valence-electron chi connectivity index (χ3n) is 5.24. The van der Waals surface area contributed by atoms with Crippen molar-refractivity contribution >= 4 is 0 Å². The molecule has 0 rings (SSSR count). The van der Waals surface area contributed by atoms with Crippen LogP contribution in [0.4, 0.5) is 0 Å². The minimum absolute atomic E-state index is 0.558. The molecule has 0 saturated carbocycles. The predicted octanol–water partition coefficient (Wildman–Crippen LogP) is 6.56. The third-order valence-corrected chi connectivity index (χ3v) is 5.24. The van der Waals surface area contributed by atoms with E-state index in [2.05, 4.69) is 35.5 Å². The molecule has 0 spiro atoms. The summed E-state index contributed by atoms with van der Waals surface area (Å²) in [7, 11) is 0. The first-order valence-electron chi connectivity index (χ1n) is 12.6. The monoisotopic (exact) mass is 436 g/mol. The summed E-state index contributed by atoms with van der Waals surface area (Å²) in [6.07, 6.45) is 32.5. The molecule has 0 aliphatic carbocycles. The van der Waals surface area contributed by atoms with Gasteiger partial charge in [0.05, 0.1) is 0 Å². The Labute approximate surface area is 198 Å². The molecule has 0 aliphatic heterocycles. The van der Waals surface area contributed by atoms with Gasteiger partial charge in [-0.3, -0.25) is 0 Å². The largest absolute Gasteiger partial charge is 0.380 e. The van der Waals surface area contributed by atoms with E-state index in [0.717, 1.165) is 57.8 Å². The predicted molar refractivity (Wildman–Crippen MR) is 137 cm³/mol. The van der Waals surface area contributed by atoms with Crippen molar-refractivity contribution in [3.8, 4) is 48.4 Å². The molecule has 0 aromatic heterocycles. The summed E-state index contributed by atoms with van der Waals surface area (Å²) in [5, 5.41) is 18.5. The topological polar surface area (TPSA) is 40.5 Å². The van der Waals surface area contributed by atoms with Crippen molar-refractivity contribution in [3.63, 3.8) is 0 Å². The average molecular weight is 437 g/mol. The van der Waals surface area contributed by atoms with Crippen molar-refractivity contribution in [3.05, 3.63) is 12.2 Å². The summed E-state index contributed by atoms with van der Waals surface area (Å²) in [5.74, 6) is 17.7. The molecule has 176 valence electrons. The van der Waals surface area contributed by atoms with Crippen LogP contribution in [0.15, 0.2) is 12.2 Å². The van der Waals surface area contributed by atoms with E-state index in [4.69, 9.17) is 12.8 Å². The van der Waals surface area contributed by atoms with Gasteiger partial charge in [-0.2, -0.15) is 0 Å². The summed E-state index contributed by atoms with van der Waals surface area (Å²) in [5.41, 5.74) is 0. The van der Waals surface area contributed by atoms with Crippen LogP contribution in [0.25, 0.3) is 0 Å². The zero-order chi connectivity index (χ0) is 23.5. The third kappa shape index (κ3) is 24.2. The number of unbranched alkanes of at least 4 members (excludes halogenated alkanes) is 14. The van der Waals surface area contributed by atoms with Gasteiger partial charge in [-0.25, -0.2) is 0 Å². The number of aliphatic hydroxyl groups is 2. The van der Waals surface area contributed by atoms with Crippen LogP contribution < -0.4 is 0 Å². The van der Waals surface area contributed by atoms with Crippen LogP contribution in [0.3, 0.4) is 0 Å². The summed E-state index contributed by atoms with van der Waals surface area (Å²) in [6, 6.07) is 0. The zero-order valence-electron chi connectivity index (χ0n) is 20.1. The number of rotatable bonds is 18. The maximum atomic E-state index is 9.28. The van der Waals surface area contributed by atoms with E-state index in [-0.39, 0.29) is 0 Å². The fourth-order valence-electron chi connectivity index (χ4n) is 3.25. The highest BCUT2D eigenvalue weighted by atomic mass is 16.3. The number of terminal acetylenes is 2. The Balaban J connectivity index is 3.31. The molecule has 2 N–H and O–H groups in total. The van der Waals surface area contributed by atoms with Gasteiger partial charge in [0.1, 0.15) is 12.2 Å². The molecule has 2 atom stereocenters. The van der Waals surface area contributed by atoms with E-state index >= 15 is 0 Å². The zero-order valence-corrected chi connectivity index (χ0v) is 20.1. The summed E-state index contributed by atoms with van der Waals surface area (Å²) in [6.45, 7) is 0. The van der Waals surface area contributed by atoms with Gasteiger partial charge in [0.15, 0.2) is 0 Å². The van der Waals surface area contributed by atoms with Crippen LogP contribution in [0.1, 0.15) is 116 Å². The number of hydrogen-bond acceptors (Lipinski definition) is 2. The lowest BCUT2D eigenvalue weighted by molar-refractivity contribution is 0.217. The normalized spacial score (nSPS) is 12.1. The van der Waals surface area contributed by atoms with Crippen molar-refractivity contribution in [1.29, 1.82) is 0 Å². The Bertz CT molecular complexity index is 653. The lowest BCUT2D eigenvalue weighted by Gasteiger charge is -2.03. The van der Waals surface area contributed by atoms with Gasteiger partial charge in [-0.1, -0.05) is 62.9 Å². The molecule has 0 fully saturated rings. The molecule has 2 unspecified atom stereocenters. The Hall–Kier alpha value is -2.10. The molecular formula is C30H44O2. The quantitative estimate of drug-likeness (QED) is 0.145. The van der Waals surface area contributed by atoms with Gasteiger partial charge in [-0.05, 0) is 51.0 Å². The highest BCUT2D eigenvalue weighted by Gasteiger charge is 1.98. The van der Waals surface area contributed by atoms with Gasteiger partial charge < -0.3 is 10.2 Å². The molecule has 0 aromatic rings. The fourth-order valence-corrected chi connectivity index (χ4v) is 3.25. The lowest BCUT2D eigenvalue weighted by atomic mass is 10.1. The average Bonchev–Trinajstić information content (AvgIpc) is 2.81. The Morgan fingerprint density at radius 2 is 1.03 bits per heavy atom. The molecule has 2 heteroatoms. The van der Waals surface area contributed by atoms with E-state index in [9.17, 15) is 10.2 Å². The van der Waals surface area contributed by atoms with Crippen molar-refractivity contribution in [2.45, 2.75) is 128 Å². The summed E-state index contributed by atoms with van der Waals surface area (Å²) < 4.78 is 0. The molecule has 0 bridgehead atoms. The number of allylic oxidation sites excluding steroid dienone is 1. The van der Waals surface area contributed by atoms with E-state index < -0.39 is 12.2 Å². The molecule has 0 radical (unpaired) electrons. The maximum absolute atomic E-state index is 9.28. The van der Waals surface area contributed by atoms with Crippen LogP contribution in [-0.4, -0.2) is 22.4 Å². The van der Waals surface area contributed by atoms with Gasteiger partial charge in [-0.15, -0.1) is 36.5 Å². The van der Waals surface area contributed by atoms with E-state index in [1.54, 1.807) is 6.08 Å². The smallest absolute Gasteiger partial charge is 0.133 e. The van der Waals surface area contributed by atoms with Gasteiger partial charge >= 0.3 is 0 Å². The van der Waals surface area contributed by atoms with E-state index in [1.807, 2.05) is 6.08 Å². The van der Waals surface area contributed by atoms with Crippen molar-refractivity contribution < 1.29 is 10.2 Å². The number of hydrogen-bond donors (Lipinski definition) is 2. The molecule has 0 amide bonds. The van der Waals surface area contributed by atoms with E-state index in [0.29, 0.717) is 0 Å². The van der Waals surface area contributed by atoms with Crippen LogP contribution in [0.2, 0.25) is 0 Å². The SMILES string of the molecule is C#CC(O)/C=C/CCCCCCC#CCCCC#CCCCCCCCCCC(O)C#C. The highest BCUT2D eigenvalue weighted by molar-refractivity contribution is 5.06. The second kappa shape index (κ2) is 25.2. The van der Waals surface area contributed by atoms with Crippen LogP contribution in [0.5, 0.6) is 0 Å². The molecule has 0 heterocycles. The summed E-state index contributed by atoms with van der Waals surface area (Å²) >= 11 is 0. The second-order valence-corrected chi connectivity index (χ2v) is 8.25. The van der Waals surface area contributed by atoms with E-state index in [1.165, 1.54) is 57.8 Å². The molecule has 2 nitrogen and oxygen atoms in total. The van der Waals surface area contributed by atoms with Gasteiger partial charge in [0.2, 0.25) is 0 Å². The molecule has 0 saturated heterocycles. The van der Waals surface area contributed by atoms with Crippen molar-refractivity contribution in [2.24, 2.45) is 0 Å². The first-order valence-corrected chi connectivity index (χ1v) is 12.6. The van der Waals surface area contributed by atoms with Crippen molar-refractivity contribution in [1.82, 2.24) is 0 Å². The van der Waals surface area contributed by atoms with Gasteiger partial charge in [0.25, 0.3) is 0 Å². The maximum Gasteiger partial charge on any atom is 0.133 e. The number of aliphatic hydroxyl groups excluding tert-OH is 2. The fraction of sp³-hybridized carbons (Fsp3) is 0.667. The van der Waals surface area contributed by atoms with Crippen LogP contribution in [-0.2, 0) is 0 Å². The molecule has 0 aromatic carbocycles. The second-order valence-electron chi connectivity index (χ2n) is 8.25. The lowest BCUT2D eigenvalue weighted by Crippen LogP contribution is -2.01.